The molecule has 3 aromatic rings. The lowest BCUT2D eigenvalue weighted by Crippen LogP contribution is -1.79. The molecule has 0 fully saturated rings. The summed E-state index contributed by atoms with van der Waals surface area (Å²) in [7, 11) is 0. The molecular weight excluding hydrogens is 236 g/mol. The van der Waals surface area contributed by atoms with Gasteiger partial charge in [-0.25, -0.2) is 4.98 Å². The van der Waals surface area contributed by atoms with E-state index >= 15 is 0 Å². The molecule has 19 heavy (non-hydrogen) atoms. The van der Waals surface area contributed by atoms with E-state index in [1.54, 1.807) is 12.5 Å². The number of fused-ring (bicyclic) bond motifs is 1. The number of nitrogens with one attached hydrogen (secondary N) is 1. The summed E-state index contributed by atoms with van der Waals surface area (Å²) in [6, 6.07) is 9.93. The molecule has 1 aromatic carbocycles. The average Bonchev–Trinajstić information content (AvgIpc) is 2.90. The molecule has 0 bridgehead atoms. The second-order valence-corrected chi connectivity index (χ2v) is 3.79. The molecule has 0 aliphatic carbocycles. The van der Waals surface area contributed by atoms with Crippen molar-refractivity contribution >= 4 is 11.0 Å². The third kappa shape index (κ3) is 4.87. The Morgan fingerprint density at radius 3 is 2.42 bits per heavy atom. The first-order valence-electron chi connectivity index (χ1n) is 6.40. The Labute approximate surface area is 113 Å². The molecule has 100 valence electrons. The van der Waals surface area contributed by atoms with Gasteiger partial charge in [0.05, 0.1) is 23.1 Å². The Bertz CT molecular complexity index is 587. The molecule has 0 atom stereocenters. The van der Waals surface area contributed by atoms with E-state index in [0.717, 1.165) is 16.7 Å². The van der Waals surface area contributed by atoms with Gasteiger partial charge in [-0.1, -0.05) is 19.9 Å². The number of aromatic nitrogens is 4. The number of aromatic amines is 1. The van der Waals surface area contributed by atoms with Crippen molar-refractivity contribution in [1.82, 2.24) is 20.2 Å². The molecule has 2 heterocycles. The zero-order valence-electron chi connectivity index (χ0n) is 11.9. The first kappa shape index (κ1) is 14.8. The van der Waals surface area contributed by atoms with Gasteiger partial charge in [0.25, 0.3) is 0 Å². The minimum atomic E-state index is 0.961. The Kier molecular flexibility index (Phi) is 6.22. The van der Waals surface area contributed by atoms with E-state index in [9.17, 15) is 0 Å². The first-order valence-corrected chi connectivity index (χ1v) is 6.40. The van der Waals surface area contributed by atoms with Crippen LogP contribution in [0.1, 0.15) is 25.1 Å². The van der Waals surface area contributed by atoms with Gasteiger partial charge in [0.15, 0.2) is 0 Å². The van der Waals surface area contributed by atoms with Crippen LogP contribution in [0.15, 0.2) is 42.9 Å². The first-order chi connectivity index (χ1) is 9.25. The van der Waals surface area contributed by atoms with E-state index < -0.39 is 0 Å². The van der Waals surface area contributed by atoms with Gasteiger partial charge in [0, 0.05) is 6.20 Å². The number of aryl methyl sites for hydroxylation is 2. The predicted octanol–water partition coefficient (Wildman–Crippen LogP) is 3.68. The Hall–Kier alpha value is -2.23. The zero-order chi connectivity index (χ0) is 14.1. The minimum absolute atomic E-state index is 0.961. The highest BCUT2D eigenvalue weighted by Crippen LogP contribution is 2.09. The van der Waals surface area contributed by atoms with E-state index in [1.807, 2.05) is 39.0 Å². The molecule has 0 saturated heterocycles. The summed E-state index contributed by atoms with van der Waals surface area (Å²) in [5, 5.41) is 7.36. The molecule has 3 rings (SSSR count). The summed E-state index contributed by atoms with van der Waals surface area (Å²) in [4.78, 5) is 7.15. The standard InChI is InChI=1S/C8H8N2.C5H6N2.C2H6/c1-6-2-3-7-8(4-6)10-5-9-7;1-5-3-2-4-6-7-5;1-2/h2-5H,1H3,(H,9,10);2-4H,1H3;1-2H3. The highest BCUT2D eigenvalue weighted by molar-refractivity contribution is 5.74. The van der Waals surface area contributed by atoms with Crippen LogP contribution in [-0.4, -0.2) is 20.2 Å². The van der Waals surface area contributed by atoms with Gasteiger partial charge in [-0.2, -0.15) is 10.2 Å². The van der Waals surface area contributed by atoms with Crippen LogP contribution in [-0.2, 0) is 0 Å². The van der Waals surface area contributed by atoms with Gasteiger partial charge < -0.3 is 4.98 Å². The van der Waals surface area contributed by atoms with Crippen molar-refractivity contribution in [3.8, 4) is 0 Å². The maximum atomic E-state index is 4.10. The molecule has 0 radical (unpaired) electrons. The second-order valence-electron chi connectivity index (χ2n) is 3.79. The van der Waals surface area contributed by atoms with Crippen molar-refractivity contribution in [1.29, 1.82) is 0 Å². The van der Waals surface area contributed by atoms with Crippen LogP contribution < -0.4 is 0 Å². The number of nitrogens with zero attached hydrogens (tertiary/aromatic N) is 3. The Morgan fingerprint density at radius 2 is 1.84 bits per heavy atom. The number of hydrogen-bond donors (Lipinski definition) is 1. The maximum absolute atomic E-state index is 4.10. The van der Waals surface area contributed by atoms with Crippen LogP contribution in [0.5, 0.6) is 0 Å². The van der Waals surface area contributed by atoms with E-state index in [1.165, 1.54) is 5.56 Å². The third-order valence-corrected chi connectivity index (χ3v) is 2.28. The third-order valence-electron chi connectivity index (χ3n) is 2.28. The molecule has 0 amide bonds. The molecule has 0 aliphatic rings. The van der Waals surface area contributed by atoms with Gasteiger partial charge in [0.2, 0.25) is 0 Å². The number of imidazole rings is 1. The molecule has 1 N–H and O–H groups in total. The van der Waals surface area contributed by atoms with Crippen molar-refractivity contribution in [2.24, 2.45) is 0 Å². The highest BCUT2D eigenvalue weighted by atomic mass is 15.1. The Balaban J connectivity index is 0.000000177. The van der Waals surface area contributed by atoms with Gasteiger partial charge in [-0.3, -0.25) is 0 Å². The molecule has 4 nitrogen and oxygen atoms in total. The van der Waals surface area contributed by atoms with Crippen molar-refractivity contribution in [2.75, 3.05) is 0 Å². The van der Waals surface area contributed by atoms with Crippen molar-refractivity contribution in [2.45, 2.75) is 27.7 Å². The summed E-state index contributed by atoms with van der Waals surface area (Å²) in [5.74, 6) is 0. The van der Waals surface area contributed by atoms with Crippen molar-refractivity contribution in [3.63, 3.8) is 0 Å². The number of hydrogen-bond acceptors (Lipinski definition) is 3. The van der Waals surface area contributed by atoms with E-state index in [-0.39, 0.29) is 0 Å². The number of rotatable bonds is 0. The maximum Gasteiger partial charge on any atom is 0.0931 e. The monoisotopic (exact) mass is 256 g/mol. The summed E-state index contributed by atoms with van der Waals surface area (Å²) < 4.78 is 0. The van der Waals surface area contributed by atoms with Gasteiger partial charge in [-0.15, -0.1) is 0 Å². The van der Waals surface area contributed by atoms with Crippen molar-refractivity contribution < 1.29 is 0 Å². The van der Waals surface area contributed by atoms with Gasteiger partial charge >= 0.3 is 0 Å². The summed E-state index contributed by atoms with van der Waals surface area (Å²) >= 11 is 0. The van der Waals surface area contributed by atoms with Crippen LogP contribution in [0, 0.1) is 13.8 Å². The highest BCUT2D eigenvalue weighted by Gasteiger charge is 1.92. The lowest BCUT2D eigenvalue weighted by atomic mass is 10.2. The molecule has 2 aromatic heterocycles. The second kappa shape index (κ2) is 7.97. The molecule has 0 spiro atoms. The summed E-state index contributed by atoms with van der Waals surface area (Å²) in [5.41, 5.74) is 4.37. The quantitative estimate of drug-likeness (QED) is 0.667. The number of H-pyrrole nitrogens is 1. The summed E-state index contributed by atoms with van der Waals surface area (Å²) in [6.07, 6.45) is 3.37. The average molecular weight is 256 g/mol. The lowest BCUT2D eigenvalue weighted by Gasteiger charge is -1.89. The fourth-order valence-electron chi connectivity index (χ4n) is 1.43. The van der Waals surface area contributed by atoms with Gasteiger partial charge in [0.1, 0.15) is 0 Å². The fourth-order valence-corrected chi connectivity index (χ4v) is 1.43. The SMILES string of the molecule is CC.Cc1ccc2nc[nH]c2c1.Cc1cccnn1. The molecule has 0 aliphatic heterocycles. The number of benzene rings is 1. The smallest absolute Gasteiger partial charge is 0.0931 e. The predicted molar refractivity (Wildman–Crippen MR) is 78.9 cm³/mol. The van der Waals surface area contributed by atoms with E-state index in [0.29, 0.717) is 0 Å². The van der Waals surface area contributed by atoms with Crippen LogP contribution in [0.4, 0.5) is 0 Å². The largest absolute Gasteiger partial charge is 0.345 e. The Morgan fingerprint density at radius 1 is 1.05 bits per heavy atom. The molecule has 0 saturated carbocycles. The van der Waals surface area contributed by atoms with Crippen LogP contribution in [0.25, 0.3) is 11.0 Å². The molecule has 4 heteroatoms. The minimum Gasteiger partial charge on any atom is -0.345 e. The summed E-state index contributed by atoms with van der Waals surface area (Å²) in [6.45, 7) is 7.98. The molecule has 0 unspecified atom stereocenters. The zero-order valence-corrected chi connectivity index (χ0v) is 11.9. The van der Waals surface area contributed by atoms with Crippen LogP contribution in [0.3, 0.4) is 0 Å². The molecular formula is C15H20N4. The normalized spacial score (nSPS) is 9.05. The topological polar surface area (TPSA) is 54.5 Å². The van der Waals surface area contributed by atoms with Crippen LogP contribution in [0.2, 0.25) is 0 Å². The fraction of sp³-hybridized carbons (Fsp3) is 0.267. The van der Waals surface area contributed by atoms with E-state index in [4.69, 9.17) is 0 Å². The lowest BCUT2D eigenvalue weighted by molar-refractivity contribution is 0.980. The van der Waals surface area contributed by atoms with E-state index in [2.05, 4.69) is 39.2 Å². The van der Waals surface area contributed by atoms with Crippen LogP contribution >= 0.6 is 0 Å². The van der Waals surface area contributed by atoms with Gasteiger partial charge in [-0.05, 0) is 43.7 Å². The van der Waals surface area contributed by atoms with Crippen molar-refractivity contribution in [3.05, 3.63) is 54.1 Å².